The number of anilines is 3. The lowest BCUT2D eigenvalue weighted by molar-refractivity contribution is 0.764. The molecule has 35 heavy (non-hydrogen) atoms. The second-order valence-electron chi connectivity index (χ2n) is 8.04. The van der Waals surface area contributed by atoms with Crippen LogP contribution in [0, 0.1) is 0 Å². The first-order valence-electron chi connectivity index (χ1n) is 11.2. The summed E-state index contributed by atoms with van der Waals surface area (Å²) in [4.78, 5) is 8.05. The summed E-state index contributed by atoms with van der Waals surface area (Å²) in [5.41, 5.74) is 7.67. The number of nitrogens with zero attached hydrogens (tertiary/aromatic N) is 5. The third-order valence-corrected chi connectivity index (χ3v) is 6.37. The van der Waals surface area contributed by atoms with Crippen molar-refractivity contribution in [3.8, 4) is 16.8 Å². The molecule has 6 aromatic rings. The number of hydrogen-bond acceptors (Lipinski definition) is 4. The summed E-state index contributed by atoms with van der Waals surface area (Å²) in [6.45, 7) is 0. The van der Waals surface area contributed by atoms with Crippen molar-refractivity contribution in [2.75, 3.05) is 4.90 Å². The van der Waals surface area contributed by atoms with Crippen molar-refractivity contribution in [2.24, 2.45) is 0 Å². The van der Waals surface area contributed by atoms with E-state index >= 15 is 0 Å². The van der Waals surface area contributed by atoms with Crippen LogP contribution in [0.15, 0.2) is 126 Å². The molecule has 0 saturated heterocycles. The van der Waals surface area contributed by atoms with Crippen molar-refractivity contribution in [1.82, 2.24) is 20.0 Å². The molecule has 0 bridgehead atoms. The van der Waals surface area contributed by atoms with Crippen LogP contribution in [0.4, 0.5) is 17.1 Å². The summed E-state index contributed by atoms with van der Waals surface area (Å²) in [6.07, 6.45) is 3.50. The smallest absolute Gasteiger partial charge is 0.138 e. The van der Waals surface area contributed by atoms with Gasteiger partial charge in [0.15, 0.2) is 0 Å². The van der Waals surface area contributed by atoms with Gasteiger partial charge < -0.3 is 4.90 Å². The molecule has 5 nitrogen and oxygen atoms in total. The van der Waals surface area contributed by atoms with Crippen LogP contribution in [0.5, 0.6) is 0 Å². The maximum absolute atomic E-state index is 4.99. The molecule has 0 spiro atoms. The molecule has 0 aliphatic rings. The second-order valence-corrected chi connectivity index (χ2v) is 8.95. The van der Waals surface area contributed by atoms with Gasteiger partial charge in [-0.15, -0.1) is 10.2 Å². The SMILES string of the molecule is Brc1ccc(-c2ccc(N(c3ccccc3)c3ccccc3)c3nn(-c4ccncc4)nc23)cc1. The molecule has 0 radical (unpaired) electrons. The number of rotatable bonds is 5. The normalized spacial score (nSPS) is 11.0. The van der Waals surface area contributed by atoms with Crippen LogP contribution in [0.3, 0.4) is 0 Å². The van der Waals surface area contributed by atoms with Gasteiger partial charge >= 0.3 is 0 Å². The van der Waals surface area contributed by atoms with Crippen molar-refractivity contribution in [1.29, 1.82) is 0 Å². The highest BCUT2D eigenvalue weighted by molar-refractivity contribution is 9.10. The Hall–Kier alpha value is -4.29. The Labute approximate surface area is 211 Å². The molecule has 6 rings (SSSR count). The van der Waals surface area contributed by atoms with Gasteiger partial charge in [0.1, 0.15) is 11.0 Å². The fourth-order valence-corrected chi connectivity index (χ4v) is 4.46. The van der Waals surface area contributed by atoms with Gasteiger partial charge in [-0.2, -0.15) is 4.80 Å². The van der Waals surface area contributed by atoms with E-state index in [0.29, 0.717) is 0 Å². The lowest BCUT2D eigenvalue weighted by Crippen LogP contribution is -2.10. The minimum atomic E-state index is 0.815. The highest BCUT2D eigenvalue weighted by Crippen LogP contribution is 2.40. The van der Waals surface area contributed by atoms with E-state index in [1.807, 2.05) is 60.7 Å². The molecule has 0 saturated carbocycles. The predicted octanol–water partition coefficient (Wildman–Crippen LogP) is 7.71. The Morgan fingerprint density at radius 2 is 1.20 bits per heavy atom. The van der Waals surface area contributed by atoms with Gasteiger partial charge in [-0.05, 0) is 66.2 Å². The number of pyridine rings is 1. The lowest BCUT2D eigenvalue weighted by Gasteiger charge is -2.25. The van der Waals surface area contributed by atoms with Crippen LogP contribution in [0.1, 0.15) is 0 Å². The van der Waals surface area contributed by atoms with E-state index in [2.05, 4.69) is 74.3 Å². The fourth-order valence-electron chi connectivity index (χ4n) is 4.20. The third-order valence-electron chi connectivity index (χ3n) is 5.84. The molecule has 0 unspecified atom stereocenters. The van der Waals surface area contributed by atoms with E-state index < -0.39 is 0 Å². The molecule has 0 aliphatic heterocycles. The quantitative estimate of drug-likeness (QED) is 0.235. The van der Waals surface area contributed by atoms with E-state index in [1.54, 1.807) is 17.2 Å². The monoisotopic (exact) mass is 517 g/mol. The maximum atomic E-state index is 4.99. The van der Waals surface area contributed by atoms with Crippen molar-refractivity contribution < 1.29 is 0 Å². The zero-order valence-electron chi connectivity index (χ0n) is 18.7. The van der Waals surface area contributed by atoms with Gasteiger partial charge in [-0.1, -0.05) is 64.5 Å². The molecule has 0 amide bonds. The van der Waals surface area contributed by atoms with Gasteiger partial charge in [0, 0.05) is 33.8 Å². The summed E-state index contributed by atoms with van der Waals surface area (Å²) < 4.78 is 1.04. The maximum Gasteiger partial charge on any atom is 0.138 e. The fraction of sp³-hybridized carbons (Fsp3) is 0. The Bertz CT molecular complexity index is 1540. The number of hydrogen-bond donors (Lipinski definition) is 0. The van der Waals surface area contributed by atoms with Crippen LogP contribution in [0.25, 0.3) is 27.8 Å². The number of halogens is 1. The number of aromatic nitrogens is 4. The Morgan fingerprint density at radius 1 is 0.600 bits per heavy atom. The summed E-state index contributed by atoms with van der Waals surface area (Å²) in [7, 11) is 0. The summed E-state index contributed by atoms with van der Waals surface area (Å²) in [6, 6.07) is 37.0. The lowest BCUT2D eigenvalue weighted by atomic mass is 10.0. The largest absolute Gasteiger partial charge is 0.308 e. The third kappa shape index (κ3) is 4.09. The second kappa shape index (κ2) is 9.16. The standard InChI is InChI=1S/C29H20BrN5/c30-22-13-11-21(12-14-22)26-15-16-27(29-28(26)32-35(33-29)25-17-19-31-20-18-25)34(23-7-3-1-4-8-23)24-9-5-2-6-10-24/h1-20H. The Balaban J connectivity index is 1.63. The van der Waals surface area contributed by atoms with Gasteiger partial charge in [0.2, 0.25) is 0 Å². The van der Waals surface area contributed by atoms with Gasteiger partial charge in [-0.25, -0.2) is 0 Å². The van der Waals surface area contributed by atoms with Gasteiger partial charge in [-0.3, -0.25) is 4.98 Å². The first kappa shape index (κ1) is 21.3. The van der Waals surface area contributed by atoms with Crippen LogP contribution >= 0.6 is 15.9 Å². The molecule has 4 aromatic carbocycles. The highest BCUT2D eigenvalue weighted by atomic mass is 79.9. The molecular weight excluding hydrogens is 498 g/mol. The van der Waals surface area contributed by atoms with E-state index in [9.17, 15) is 0 Å². The van der Waals surface area contributed by atoms with Crippen molar-refractivity contribution >= 4 is 44.0 Å². The summed E-state index contributed by atoms with van der Waals surface area (Å²) >= 11 is 3.54. The number of para-hydroxylation sites is 2. The Kier molecular flexibility index (Phi) is 5.56. The van der Waals surface area contributed by atoms with Crippen LogP contribution in [0.2, 0.25) is 0 Å². The van der Waals surface area contributed by atoms with E-state index in [4.69, 9.17) is 10.2 Å². The average Bonchev–Trinajstić information content (AvgIpc) is 3.37. The van der Waals surface area contributed by atoms with E-state index in [0.717, 1.165) is 49.4 Å². The first-order chi connectivity index (χ1) is 17.3. The van der Waals surface area contributed by atoms with E-state index in [1.165, 1.54) is 0 Å². The van der Waals surface area contributed by atoms with E-state index in [-0.39, 0.29) is 0 Å². The van der Waals surface area contributed by atoms with Crippen molar-refractivity contribution in [3.63, 3.8) is 0 Å². The zero-order chi connectivity index (χ0) is 23.6. The summed E-state index contributed by atoms with van der Waals surface area (Å²) in [5.74, 6) is 0. The molecule has 168 valence electrons. The first-order valence-corrected chi connectivity index (χ1v) is 12.0. The molecular formula is C29H20BrN5. The molecule has 2 aromatic heterocycles. The summed E-state index contributed by atoms with van der Waals surface area (Å²) in [5, 5.41) is 9.94. The predicted molar refractivity (Wildman–Crippen MR) is 144 cm³/mol. The van der Waals surface area contributed by atoms with Gasteiger partial charge in [0.05, 0.1) is 11.4 Å². The minimum Gasteiger partial charge on any atom is -0.308 e. The van der Waals surface area contributed by atoms with Gasteiger partial charge in [0.25, 0.3) is 0 Å². The highest BCUT2D eigenvalue weighted by Gasteiger charge is 2.21. The number of benzene rings is 4. The molecule has 0 N–H and O–H groups in total. The van der Waals surface area contributed by atoms with Crippen LogP contribution < -0.4 is 4.90 Å². The minimum absolute atomic E-state index is 0.815. The molecule has 0 fully saturated rings. The van der Waals surface area contributed by atoms with Crippen LogP contribution in [-0.2, 0) is 0 Å². The van der Waals surface area contributed by atoms with Crippen molar-refractivity contribution in [3.05, 3.63) is 126 Å². The zero-order valence-corrected chi connectivity index (χ0v) is 20.2. The molecule has 2 heterocycles. The Morgan fingerprint density at radius 3 is 1.83 bits per heavy atom. The molecule has 0 atom stereocenters. The number of fused-ring (bicyclic) bond motifs is 1. The van der Waals surface area contributed by atoms with Crippen molar-refractivity contribution in [2.45, 2.75) is 0 Å². The topological polar surface area (TPSA) is 46.8 Å². The average molecular weight is 518 g/mol. The van der Waals surface area contributed by atoms with Crippen LogP contribution in [-0.4, -0.2) is 20.0 Å². The molecule has 6 heteroatoms. The molecule has 0 aliphatic carbocycles.